The minimum absolute atomic E-state index is 0.202. The number of likely N-dealkylation sites (N-methyl/N-ethyl adjacent to an activating group) is 1. The van der Waals surface area contributed by atoms with Gasteiger partial charge < -0.3 is 9.47 Å². The molecule has 1 aliphatic rings. The van der Waals surface area contributed by atoms with Crippen LogP contribution in [0.2, 0.25) is 0 Å². The zero-order chi connectivity index (χ0) is 15.1. The highest BCUT2D eigenvalue weighted by molar-refractivity contribution is 9.10. The molecular weight excluding hydrogens is 357 g/mol. The highest BCUT2D eigenvalue weighted by Gasteiger charge is 2.25. The van der Waals surface area contributed by atoms with Crippen molar-refractivity contribution >= 4 is 38.6 Å². The predicted molar refractivity (Wildman–Crippen MR) is 87.4 cm³/mol. The lowest BCUT2D eigenvalue weighted by molar-refractivity contribution is 0.212. The third kappa shape index (κ3) is 2.83. The number of hydrogen-bond acceptors (Lipinski definition) is 2. The molecule has 114 valence electrons. The molecule has 1 aromatic carbocycles. The number of hydrogen-bond donors (Lipinski definition) is 0. The van der Waals surface area contributed by atoms with E-state index >= 15 is 0 Å². The van der Waals surface area contributed by atoms with Crippen molar-refractivity contribution in [2.45, 2.75) is 31.2 Å². The highest BCUT2D eigenvalue weighted by atomic mass is 79.9. The van der Waals surface area contributed by atoms with Crippen molar-refractivity contribution in [2.75, 3.05) is 20.1 Å². The maximum Gasteiger partial charge on any atom is 0.139 e. The van der Waals surface area contributed by atoms with Gasteiger partial charge in [0.2, 0.25) is 0 Å². The summed E-state index contributed by atoms with van der Waals surface area (Å²) in [4.78, 5) is 6.89. The SMILES string of the molecule is CC(Cl)c1nc2cc(F)c(Br)cc2n1C1CCCN(C)C1. The van der Waals surface area contributed by atoms with Crippen LogP contribution in [0.4, 0.5) is 4.39 Å². The van der Waals surface area contributed by atoms with Crippen LogP contribution in [0.3, 0.4) is 0 Å². The van der Waals surface area contributed by atoms with Gasteiger partial charge >= 0.3 is 0 Å². The number of benzene rings is 1. The normalized spacial score (nSPS) is 21.9. The van der Waals surface area contributed by atoms with Crippen LogP contribution in [0.15, 0.2) is 16.6 Å². The van der Waals surface area contributed by atoms with E-state index in [-0.39, 0.29) is 11.2 Å². The minimum Gasteiger partial charge on any atom is -0.322 e. The molecule has 0 radical (unpaired) electrons. The number of likely N-dealkylation sites (tertiary alicyclic amines) is 1. The van der Waals surface area contributed by atoms with Gasteiger partial charge in [0.25, 0.3) is 0 Å². The molecule has 0 saturated carbocycles. The summed E-state index contributed by atoms with van der Waals surface area (Å²) in [5, 5.41) is -0.202. The van der Waals surface area contributed by atoms with Crippen molar-refractivity contribution in [2.24, 2.45) is 0 Å². The van der Waals surface area contributed by atoms with Crippen LogP contribution in [-0.4, -0.2) is 34.6 Å². The lowest BCUT2D eigenvalue weighted by Gasteiger charge is -2.32. The molecule has 2 heterocycles. The number of imidazole rings is 1. The molecule has 2 unspecified atom stereocenters. The summed E-state index contributed by atoms with van der Waals surface area (Å²) in [5.74, 6) is 0.533. The second-order valence-electron chi connectivity index (χ2n) is 5.77. The monoisotopic (exact) mass is 373 g/mol. The first-order valence-electron chi connectivity index (χ1n) is 7.17. The highest BCUT2D eigenvalue weighted by Crippen LogP contribution is 2.33. The van der Waals surface area contributed by atoms with Crippen molar-refractivity contribution in [3.8, 4) is 0 Å². The molecule has 3 nitrogen and oxygen atoms in total. The molecular formula is C15H18BrClFN3. The Morgan fingerprint density at radius 3 is 2.90 bits per heavy atom. The van der Waals surface area contributed by atoms with Crippen LogP contribution in [0, 0.1) is 5.82 Å². The molecule has 1 fully saturated rings. The summed E-state index contributed by atoms with van der Waals surface area (Å²) < 4.78 is 16.4. The summed E-state index contributed by atoms with van der Waals surface area (Å²) in [6, 6.07) is 3.63. The van der Waals surface area contributed by atoms with E-state index in [0.29, 0.717) is 16.0 Å². The fourth-order valence-electron chi connectivity index (χ4n) is 3.12. The molecule has 2 aromatic rings. The first-order valence-corrected chi connectivity index (χ1v) is 8.40. The van der Waals surface area contributed by atoms with Gasteiger partial charge in [0, 0.05) is 18.7 Å². The zero-order valence-corrected chi connectivity index (χ0v) is 14.5. The third-order valence-corrected chi connectivity index (χ3v) is 4.88. The third-order valence-electron chi connectivity index (χ3n) is 4.08. The molecule has 0 bridgehead atoms. The van der Waals surface area contributed by atoms with E-state index in [1.165, 1.54) is 6.07 Å². The summed E-state index contributed by atoms with van der Waals surface area (Å²) in [6.45, 7) is 4.00. The van der Waals surface area contributed by atoms with E-state index in [1.54, 1.807) is 0 Å². The molecule has 0 spiro atoms. The van der Waals surface area contributed by atoms with Crippen LogP contribution in [0.25, 0.3) is 11.0 Å². The first-order chi connectivity index (χ1) is 9.97. The van der Waals surface area contributed by atoms with Crippen LogP contribution in [0.1, 0.15) is 37.0 Å². The average molecular weight is 375 g/mol. The fourth-order valence-corrected chi connectivity index (χ4v) is 3.61. The number of fused-ring (bicyclic) bond motifs is 1. The number of halogens is 3. The number of rotatable bonds is 2. The van der Waals surface area contributed by atoms with Crippen LogP contribution in [-0.2, 0) is 0 Å². The number of nitrogens with zero attached hydrogens (tertiary/aromatic N) is 3. The summed E-state index contributed by atoms with van der Waals surface area (Å²) in [6.07, 6.45) is 2.25. The summed E-state index contributed by atoms with van der Waals surface area (Å²) >= 11 is 9.59. The van der Waals surface area contributed by atoms with Crippen molar-refractivity contribution in [3.05, 3.63) is 28.2 Å². The number of alkyl halides is 1. The van der Waals surface area contributed by atoms with Gasteiger partial charge in [-0.3, -0.25) is 0 Å². The lowest BCUT2D eigenvalue weighted by atomic mass is 10.1. The Morgan fingerprint density at radius 1 is 1.48 bits per heavy atom. The second-order valence-corrected chi connectivity index (χ2v) is 7.28. The second kappa shape index (κ2) is 5.86. The Kier molecular flexibility index (Phi) is 4.26. The van der Waals surface area contributed by atoms with Gasteiger partial charge in [-0.15, -0.1) is 11.6 Å². The van der Waals surface area contributed by atoms with Gasteiger partial charge in [0.1, 0.15) is 11.6 Å². The van der Waals surface area contributed by atoms with E-state index in [1.807, 2.05) is 13.0 Å². The van der Waals surface area contributed by atoms with Crippen LogP contribution < -0.4 is 0 Å². The topological polar surface area (TPSA) is 21.1 Å². The number of piperidine rings is 1. The Hall–Kier alpha value is -0.650. The minimum atomic E-state index is -0.290. The Morgan fingerprint density at radius 2 is 2.24 bits per heavy atom. The van der Waals surface area contributed by atoms with Gasteiger partial charge in [-0.05, 0) is 55.4 Å². The molecule has 3 rings (SSSR count). The van der Waals surface area contributed by atoms with E-state index in [0.717, 1.165) is 37.3 Å². The quantitative estimate of drug-likeness (QED) is 0.721. The average Bonchev–Trinajstić information content (AvgIpc) is 2.78. The fraction of sp³-hybridized carbons (Fsp3) is 0.533. The zero-order valence-electron chi connectivity index (χ0n) is 12.1. The Bertz CT molecular complexity index is 670. The van der Waals surface area contributed by atoms with Crippen molar-refractivity contribution in [1.29, 1.82) is 0 Å². The maximum absolute atomic E-state index is 13.8. The molecule has 1 aliphatic heterocycles. The standard InChI is InChI=1S/C15H18BrClFN3/c1-9(17)15-19-13-7-12(18)11(16)6-14(13)21(15)10-4-3-5-20(2)8-10/h6-7,9-10H,3-5,8H2,1-2H3. The van der Waals surface area contributed by atoms with E-state index in [2.05, 4.69) is 37.4 Å². The summed E-state index contributed by atoms with van der Waals surface area (Å²) in [7, 11) is 2.13. The Labute approximate surface area is 137 Å². The number of aromatic nitrogens is 2. The van der Waals surface area contributed by atoms with E-state index in [9.17, 15) is 4.39 Å². The molecule has 2 atom stereocenters. The van der Waals surface area contributed by atoms with E-state index in [4.69, 9.17) is 11.6 Å². The van der Waals surface area contributed by atoms with Gasteiger partial charge in [0.15, 0.2) is 0 Å². The van der Waals surface area contributed by atoms with Gasteiger partial charge in [-0.1, -0.05) is 0 Å². The first kappa shape index (κ1) is 15.3. The van der Waals surface area contributed by atoms with Gasteiger partial charge in [-0.2, -0.15) is 0 Å². The largest absolute Gasteiger partial charge is 0.322 e. The molecule has 0 aliphatic carbocycles. The van der Waals surface area contributed by atoms with Crippen LogP contribution >= 0.6 is 27.5 Å². The van der Waals surface area contributed by atoms with E-state index < -0.39 is 0 Å². The Balaban J connectivity index is 2.17. The van der Waals surface area contributed by atoms with Crippen LogP contribution in [0.5, 0.6) is 0 Å². The van der Waals surface area contributed by atoms with Crippen molar-refractivity contribution in [3.63, 3.8) is 0 Å². The molecule has 21 heavy (non-hydrogen) atoms. The van der Waals surface area contributed by atoms with Gasteiger partial charge in [-0.25, -0.2) is 9.37 Å². The molecule has 1 saturated heterocycles. The van der Waals surface area contributed by atoms with Crippen molar-refractivity contribution < 1.29 is 4.39 Å². The lowest BCUT2D eigenvalue weighted by Crippen LogP contribution is -2.34. The molecule has 6 heteroatoms. The van der Waals surface area contributed by atoms with Crippen molar-refractivity contribution in [1.82, 2.24) is 14.5 Å². The predicted octanol–water partition coefficient (Wildman–Crippen LogP) is 4.50. The smallest absolute Gasteiger partial charge is 0.139 e. The molecule has 0 N–H and O–H groups in total. The summed E-state index contributed by atoms with van der Waals surface area (Å²) in [5.41, 5.74) is 1.62. The van der Waals surface area contributed by atoms with Gasteiger partial charge in [0.05, 0.1) is 20.9 Å². The molecule has 1 aromatic heterocycles. The molecule has 0 amide bonds. The maximum atomic E-state index is 13.8.